The van der Waals surface area contributed by atoms with Gasteiger partial charge in [0, 0.05) is 17.5 Å². The van der Waals surface area contributed by atoms with Crippen molar-refractivity contribution in [3.05, 3.63) is 40.9 Å². The number of aryl methyl sites for hydroxylation is 1. The number of ether oxygens (including phenoxy) is 1. The van der Waals surface area contributed by atoms with Crippen molar-refractivity contribution < 1.29 is 9.53 Å². The van der Waals surface area contributed by atoms with Crippen molar-refractivity contribution in [1.82, 2.24) is 4.98 Å². The number of nitrogens with one attached hydrogen (secondary N) is 1. The largest absolute Gasteiger partial charge is 0.453 e. The molecule has 1 aliphatic rings. The first-order valence-electron chi connectivity index (χ1n) is 8.03. The standard InChI is InChI=1S/C18H22N2O2S/c1-4-6-13-10-18(3,22-16(13)21)15-11-23-17(20-15)19-14-8-5-7-12(2)9-14/h5,7-9,11,13H,4,6,10H2,1-3H3,(H,19,20)/t13-,18-/m0/s1. The zero-order valence-corrected chi connectivity index (χ0v) is 14.6. The van der Waals surface area contributed by atoms with Gasteiger partial charge in [-0.2, -0.15) is 0 Å². The van der Waals surface area contributed by atoms with Crippen LogP contribution in [0.15, 0.2) is 29.6 Å². The summed E-state index contributed by atoms with van der Waals surface area (Å²) in [5.41, 5.74) is 2.46. The second kappa shape index (κ2) is 6.32. The van der Waals surface area contributed by atoms with Gasteiger partial charge in [0.2, 0.25) is 0 Å². The SMILES string of the molecule is CCC[C@H]1C[C@@](C)(c2csc(Nc3cccc(C)c3)n2)OC1=O. The Kier molecular flexibility index (Phi) is 4.39. The summed E-state index contributed by atoms with van der Waals surface area (Å²) in [4.78, 5) is 16.7. The Hall–Kier alpha value is -1.88. The van der Waals surface area contributed by atoms with E-state index in [0.717, 1.165) is 29.4 Å². The van der Waals surface area contributed by atoms with Crippen LogP contribution in [0.2, 0.25) is 0 Å². The normalized spacial score (nSPS) is 23.8. The lowest BCUT2D eigenvalue weighted by Gasteiger charge is -2.19. The Labute approximate surface area is 140 Å². The van der Waals surface area contributed by atoms with E-state index in [1.807, 2.05) is 24.4 Å². The average Bonchev–Trinajstić information content (AvgIpc) is 3.06. The molecule has 0 aliphatic carbocycles. The Balaban J connectivity index is 1.75. The molecule has 2 atom stereocenters. The van der Waals surface area contributed by atoms with E-state index in [9.17, 15) is 4.79 Å². The van der Waals surface area contributed by atoms with E-state index >= 15 is 0 Å². The van der Waals surface area contributed by atoms with E-state index in [0.29, 0.717) is 6.42 Å². The highest BCUT2D eigenvalue weighted by Gasteiger charge is 2.45. The molecule has 1 aliphatic heterocycles. The number of benzene rings is 1. The molecule has 2 aromatic rings. The Bertz CT molecular complexity index is 713. The second-order valence-electron chi connectivity index (χ2n) is 6.37. The molecule has 23 heavy (non-hydrogen) atoms. The number of rotatable bonds is 5. The molecule has 5 heteroatoms. The third-order valence-corrected chi connectivity index (χ3v) is 5.01. The molecule has 0 radical (unpaired) electrons. The van der Waals surface area contributed by atoms with E-state index in [-0.39, 0.29) is 11.9 Å². The molecule has 4 nitrogen and oxygen atoms in total. The third kappa shape index (κ3) is 3.39. The number of cyclic esters (lactones) is 1. The minimum atomic E-state index is -0.597. The van der Waals surface area contributed by atoms with Crippen molar-refractivity contribution in [2.75, 3.05) is 5.32 Å². The first-order valence-corrected chi connectivity index (χ1v) is 8.90. The molecule has 0 unspecified atom stereocenters. The van der Waals surface area contributed by atoms with Crippen LogP contribution in [0, 0.1) is 12.8 Å². The Morgan fingerprint density at radius 3 is 3.04 bits per heavy atom. The second-order valence-corrected chi connectivity index (χ2v) is 7.23. The minimum absolute atomic E-state index is 0.000109. The van der Waals surface area contributed by atoms with Crippen molar-refractivity contribution in [1.29, 1.82) is 0 Å². The maximum Gasteiger partial charge on any atom is 0.310 e. The van der Waals surface area contributed by atoms with Gasteiger partial charge in [0.15, 0.2) is 10.7 Å². The maximum atomic E-state index is 12.0. The number of carbonyl (C=O) groups is 1. The molecule has 1 aromatic carbocycles. The number of esters is 1. The zero-order chi connectivity index (χ0) is 16.4. The first kappa shape index (κ1) is 16.0. The molecule has 0 bridgehead atoms. The number of nitrogens with zero attached hydrogens (tertiary/aromatic N) is 1. The van der Waals surface area contributed by atoms with Crippen LogP contribution < -0.4 is 5.32 Å². The highest BCUT2D eigenvalue weighted by molar-refractivity contribution is 7.13. The van der Waals surface area contributed by atoms with Gasteiger partial charge < -0.3 is 10.1 Å². The Morgan fingerprint density at radius 2 is 2.30 bits per heavy atom. The van der Waals surface area contributed by atoms with Crippen LogP contribution in [0.5, 0.6) is 0 Å². The monoisotopic (exact) mass is 330 g/mol. The van der Waals surface area contributed by atoms with E-state index in [4.69, 9.17) is 4.74 Å². The fourth-order valence-corrected chi connectivity index (χ4v) is 3.90. The molecular formula is C18H22N2O2S. The van der Waals surface area contributed by atoms with Crippen molar-refractivity contribution in [2.45, 2.75) is 45.6 Å². The fraction of sp³-hybridized carbons (Fsp3) is 0.444. The summed E-state index contributed by atoms with van der Waals surface area (Å²) in [6.07, 6.45) is 2.59. The summed E-state index contributed by atoms with van der Waals surface area (Å²) < 4.78 is 5.66. The lowest BCUT2D eigenvalue weighted by Crippen LogP contribution is -2.21. The predicted octanol–water partition coefficient (Wildman–Crippen LogP) is 4.77. The van der Waals surface area contributed by atoms with Gasteiger partial charge in [0.25, 0.3) is 0 Å². The molecule has 0 amide bonds. The summed E-state index contributed by atoms with van der Waals surface area (Å²) in [6.45, 7) is 6.12. The first-order chi connectivity index (χ1) is 11.0. The topological polar surface area (TPSA) is 51.2 Å². The molecule has 1 fully saturated rings. The van der Waals surface area contributed by atoms with Gasteiger partial charge in [-0.15, -0.1) is 11.3 Å². The number of aromatic nitrogens is 1. The van der Waals surface area contributed by atoms with Crippen molar-refractivity contribution in [3.63, 3.8) is 0 Å². The van der Waals surface area contributed by atoms with E-state index < -0.39 is 5.60 Å². The van der Waals surface area contributed by atoms with Crippen LogP contribution in [0.1, 0.15) is 44.4 Å². The van der Waals surface area contributed by atoms with Crippen LogP contribution in [-0.4, -0.2) is 11.0 Å². The maximum absolute atomic E-state index is 12.0. The molecule has 0 spiro atoms. The smallest absolute Gasteiger partial charge is 0.310 e. The van der Waals surface area contributed by atoms with Crippen LogP contribution in [0.4, 0.5) is 10.8 Å². The van der Waals surface area contributed by atoms with Gasteiger partial charge in [0.1, 0.15) is 0 Å². The van der Waals surface area contributed by atoms with Crippen molar-refractivity contribution >= 4 is 28.1 Å². The minimum Gasteiger partial charge on any atom is -0.453 e. The third-order valence-electron chi connectivity index (χ3n) is 4.25. The molecule has 1 saturated heterocycles. The number of carbonyl (C=O) groups excluding carboxylic acids is 1. The fourth-order valence-electron chi connectivity index (χ4n) is 3.05. The summed E-state index contributed by atoms with van der Waals surface area (Å²) in [5.74, 6) is -0.0876. The molecular weight excluding hydrogens is 308 g/mol. The summed E-state index contributed by atoms with van der Waals surface area (Å²) in [6, 6.07) is 8.17. The quantitative estimate of drug-likeness (QED) is 0.802. The van der Waals surface area contributed by atoms with Crippen LogP contribution in [0.3, 0.4) is 0 Å². The molecule has 0 saturated carbocycles. The molecule has 122 valence electrons. The number of thiazole rings is 1. The lowest BCUT2D eigenvalue weighted by atomic mass is 9.91. The lowest BCUT2D eigenvalue weighted by molar-refractivity contribution is -0.150. The van der Waals surface area contributed by atoms with E-state index in [1.165, 1.54) is 16.9 Å². The average molecular weight is 330 g/mol. The zero-order valence-electron chi connectivity index (χ0n) is 13.8. The van der Waals surface area contributed by atoms with Crippen molar-refractivity contribution in [2.24, 2.45) is 5.92 Å². The van der Waals surface area contributed by atoms with Crippen LogP contribution in [0.25, 0.3) is 0 Å². The predicted molar refractivity (Wildman–Crippen MR) is 93.0 cm³/mol. The van der Waals surface area contributed by atoms with Crippen LogP contribution >= 0.6 is 11.3 Å². The Morgan fingerprint density at radius 1 is 1.48 bits per heavy atom. The van der Waals surface area contributed by atoms with E-state index in [1.54, 1.807) is 0 Å². The van der Waals surface area contributed by atoms with E-state index in [2.05, 4.69) is 36.3 Å². The molecule has 3 rings (SSSR count). The summed E-state index contributed by atoms with van der Waals surface area (Å²) >= 11 is 1.54. The van der Waals surface area contributed by atoms with Gasteiger partial charge in [-0.05, 0) is 38.0 Å². The molecule has 2 heterocycles. The number of hydrogen-bond acceptors (Lipinski definition) is 5. The highest BCUT2D eigenvalue weighted by atomic mass is 32.1. The van der Waals surface area contributed by atoms with Gasteiger partial charge >= 0.3 is 5.97 Å². The summed E-state index contributed by atoms with van der Waals surface area (Å²) in [7, 11) is 0. The van der Waals surface area contributed by atoms with Crippen LogP contribution in [-0.2, 0) is 15.1 Å². The number of hydrogen-bond donors (Lipinski definition) is 1. The molecule has 1 aromatic heterocycles. The van der Waals surface area contributed by atoms with Gasteiger partial charge in [0.05, 0.1) is 11.6 Å². The van der Waals surface area contributed by atoms with Crippen molar-refractivity contribution in [3.8, 4) is 0 Å². The van der Waals surface area contributed by atoms with Gasteiger partial charge in [-0.1, -0.05) is 25.5 Å². The van der Waals surface area contributed by atoms with Gasteiger partial charge in [-0.3, -0.25) is 4.79 Å². The number of anilines is 2. The van der Waals surface area contributed by atoms with Gasteiger partial charge in [-0.25, -0.2) is 4.98 Å². The molecule has 1 N–H and O–H groups in total. The highest BCUT2D eigenvalue weighted by Crippen LogP contribution is 2.42. The summed E-state index contributed by atoms with van der Waals surface area (Å²) in [5, 5.41) is 6.13.